The van der Waals surface area contributed by atoms with Crippen molar-refractivity contribution in [2.24, 2.45) is 0 Å². The second-order valence-electron chi connectivity index (χ2n) is 7.19. The van der Waals surface area contributed by atoms with E-state index in [0.717, 1.165) is 27.6 Å². The number of rotatable bonds is 4. The van der Waals surface area contributed by atoms with Crippen LogP contribution in [0, 0.1) is 0 Å². The van der Waals surface area contributed by atoms with Gasteiger partial charge in [-0.1, -0.05) is 66.7 Å². The van der Waals surface area contributed by atoms with Gasteiger partial charge in [0.1, 0.15) is 11.6 Å². The van der Waals surface area contributed by atoms with Crippen molar-refractivity contribution in [1.29, 1.82) is 0 Å². The van der Waals surface area contributed by atoms with Crippen molar-refractivity contribution in [3.05, 3.63) is 107 Å². The lowest BCUT2D eigenvalue weighted by Gasteiger charge is -2.16. The van der Waals surface area contributed by atoms with E-state index in [9.17, 15) is 4.79 Å². The van der Waals surface area contributed by atoms with Crippen LogP contribution in [-0.4, -0.2) is 16.7 Å². The first-order valence-electron chi connectivity index (χ1n) is 9.86. The lowest BCUT2D eigenvalue weighted by atomic mass is 10.0. The molecule has 0 fully saturated rings. The van der Waals surface area contributed by atoms with Crippen molar-refractivity contribution in [2.45, 2.75) is 6.54 Å². The van der Waals surface area contributed by atoms with Crippen LogP contribution in [-0.2, 0) is 6.54 Å². The summed E-state index contributed by atoms with van der Waals surface area (Å²) in [4.78, 5) is 18.4. The molecule has 0 amide bonds. The second-order valence-corrected chi connectivity index (χ2v) is 7.19. The fraction of sp³-hybridized carbons (Fsp3) is 0.0769. The van der Waals surface area contributed by atoms with Gasteiger partial charge in [-0.25, -0.2) is 4.98 Å². The number of nitrogens with zero attached hydrogens (tertiary/aromatic N) is 2. The number of methoxy groups -OCH3 is 1. The molecular weight excluding hydrogens is 372 g/mol. The molecule has 0 aliphatic rings. The largest absolute Gasteiger partial charge is 0.496 e. The Bertz CT molecular complexity index is 1420. The normalized spacial score (nSPS) is 11.1. The summed E-state index contributed by atoms with van der Waals surface area (Å²) in [7, 11) is 1.67. The number of para-hydroxylation sites is 1. The molecule has 0 spiro atoms. The zero-order valence-corrected chi connectivity index (χ0v) is 16.6. The highest BCUT2D eigenvalue weighted by Crippen LogP contribution is 2.34. The standard InChI is InChI=1S/C26H20N2O2/c1-30-24-16-15-21(19-11-5-6-12-20(19)24)25-27-23-14-8-7-13-22(23)26(29)28(25)17-18-9-3-2-4-10-18/h2-16H,17H2,1H3. The zero-order chi connectivity index (χ0) is 20.5. The van der Waals surface area contributed by atoms with E-state index < -0.39 is 0 Å². The van der Waals surface area contributed by atoms with E-state index in [-0.39, 0.29) is 5.56 Å². The van der Waals surface area contributed by atoms with Gasteiger partial charge in [-0.2, -0.15) is 0 Å². The molecule has 30 heavy (non-hydrogen) atoms. The van der Waals surface area contributed by atoms with Crippen molar-refractivity contribution >= 4 is 21.7 Å². The third kappa shape index (κ3) is 3.03. The first-order valence-corrected chi connectivity index (χ1v) is 9.86. The topological polar surface area (TPSA) is 44.1 Å². The molecule has 0 unspecified atom stereocenters. The molecule has 0 atom stereocenters. The lowest BCUT2D eigenvalue weighted by molar-refractivity contribution is 0.420. The summed E-state index contributed by atoms with van der Waals surface area (Å²) in [5, 5.41) is 2.61. The van der Waals surface area contributed by atoms with Crippen molar-refractivity contribution in [3.63, 3.8) is 0 Å². The number of ether oxygens (including phenoxy) is 1. The summed E-state index contributed by atoms with van der Waals surface area (Å²) >= 11 is 0. The van der Waals surface area contributed by atoms with E-state index in [4.69, 9.17) is 9.72 Å². The molecular formula is C26H20N2O2. The molecule has 4 nitrogen and oxygen atoms in total. The molecule has 4 aromatic carbocycles. The highest BCUT2D eigenvalue weighted by atomic mass is 16.5. The molecule has 4 heteroatoms. The Morgan fingerprint density at radius 3 is 2.20 bits per heavy atom. The van der Waals surface area contributed by atoms with Crippen LogP contribution >= 0.6 is 0 Å². The van der Waals surface area contributed by atoms with Crippen LogP contribution in [0.1, 0.15) is 5.56 Å². The number of hydrogen-bond donors (Lipinski definition) is 0. The van der Waals surface area contributed by atoms with Crippen molar-refractivity contribution in [3.8, 4) is 17.1 Å². The molecule has 0 radical (unpaired) electrons. The van der Waals surface area contributed by atoms with E-state index in [1.807, 2.05) is 91.0 Å². The van der Waals surface area contributed by atoms with Crippen molar-refractivity contribution in [2.75, 3.05) is 7.11 Å². The molecule has 0 aliphatic carbocycles. The molecule has 0 bridgehead atoms. The summed E-state index contributed by atoms with van der Waals surface area (Å²) in [6.45, 7) is 0.452. The van der Waals surface area contributed by atoms with Gasteiger partial charge in [-0.15, -0.1) is 0 Å². The SMILES string of the molecule is COc1ccc(-c2nc3ccccc3c(=O)n2Cc2ccccc2)c2ccccc12. The lowest BCUT2D eigenvalue weighted by Crippen LogP contribution is -2.24. The zero-order valence-electron chi connectivity index (χ0n) is 16.6. The Kier molecular flexibility index (Phi) is 4.52. The molecule has 5 rings (SSSR count). The van der Waals surface area contributed by atoms with Gasteiger partial charge in [0.2, 0.25) is 0 Å². The maximum Gasteiger partial charge on any atom is 0.261 e. The fourth-order valence-electron chi connectivity index (χ4n) is 3.93. The summed E-state index contributed by atoms with van der Waals surface area (Å²) in [6.07, 6.45) is 0. The Labute approximate surface area is 174 Å². The quantitative estimate of drug-likeness (QED) is 0.418. The number of hydrogen-bond acceptors (Lipinski definition) is 3. The van der Waals surface area contributed by atoms with Gasteiger partial charge in [0.15, 0.2) is 0 Å². The Morgan fingerprint density at radius 1 is 0.767 bits per heavy atom. The van der Waals surface area contributed by atoms with Gasteiger partial charge in [0.25, 0.3) is 5.56 Å². The van der Waals surface area contributed by atoms with Crippen LogP contribution in [0.4, 0.5) is 0 Å². The Morgan fingerprint density at radius 2 is 1.43 bits per heavy atom. The molecule has 5 aromatic rings. The van der Waals surface area contributed by atoms with Crippen LogP contribution < -0.4 is 10.3 Å². The maximum atomic E-state index is 13.5. The minimum absolute atomic E-state index is 0.0423. The van der Waals surface area contributed by atoms with E-state index in [2.05, 4.69) is 0 Å². The van der Waals surface area contributed by atoms with Gasteiger partial charge in [-0.05, 0) is 35.2 Å². The molecule has 0 saturated heterocycles. The summed E-state index contributed by atoms with van der Waals surface area (Å²) in [5.74, 6) is 1.45. The van der Waals surface area contributed by atoms with E-state index in [1.54, 1.807) is 11.7 Å². The van der Waals surface area contributed by atoms with Crippen LogP contribution in [0.3, 0.4) is 0 Å². The third-order valence-corrected chi connectivity index (χ3v) is 5.39. The molecule has 0 saturated carbocycles. The van der Waals surface area contributed by atoms with Crippen molar-refractivity contribution in [1.82, 2.24) is 9.55 Å². The first-order chi connectivity index (χ1) is 14.8. The predicted octanol–water partition coefficient (Wildman–Crippen LogP) is 5.27. The number of aromatic nitrogens is 2. The fourth-order valence-corrected chi connectivity index (χ4v) is 3.93. The minimum Gasteiger partial charge on any atom is -0.496 e. The first kappa shape index (κ1) is 18.1. The Hall–Kier alpha value is -3.92. The molecule has 0 aliphatic heterocycles. The van der Waals surface area contributed by atoms with E-state index >= 15 is 0 Å². The smallest absolute Gasteiger partial charge is 0.261 e. The van der Waals surface area contributed by atoms with Gasteiger partial charge >= 0.3 is 0 Å². The van der Waals surface area contributed by atoms with Gasteiger partial charge < -0.3 is 4.74 Å². The highest BCUT2D eigenvalue weighted by molar-refractivity contribution is 5.99. The third-order valence-electron chi connectivity index (χ3n) is 5.39. The minimum atomic E-state index is -0.0423. The summed E-state index contributed by atoms with van der Waals surface area (Å²) in [6, 6.07) is 29.5. The number of fused-ring (bicyclic) bond motifs is 2. The van der Waals surface area contributed by atoms with Crippen LogP contribution in [0.25, 0.3) is 33.1 Å². The van der Waals surface area contributed by atoms with E-state index in [0.29, 0.717) is 23.3 Å². The van der Waals surface area contributed by atoms with Crippen LogP contribution in [0.5, 0.6) is 5.75 Å². The maximum absolute atomic E-state index is 13.5. The predicted molar refractivity (Wildman–Crippen MR) is 121 cm³/mol. The Balaban J connectivity index is 1.84. The summed E-state index contributed by atoms with van der Waals surface area (Å²) < 4.78 is 7.32. The van der Waals surface area contributed by atoms with Crippen LogP contribution in [0.2, 0.25) is 0 Å². The van der Waals surface area contributed by atoms with Crippen LogP contribution in [0.15, 0.2) is 95.8 Å². The van der Waals surface area contributed by atoms with E-state index in [1.165, 1.54) is 0 Å². The highest BCUT2D eigenvalue weighted by Gasteiger charge is 2.16. The average molecular weight is 392 g/mol. The second kappa shape index (κ2) is 7.48. The molecule has 1 aromatic heterocycles. The molecule has 0 N–H and O–H groups in total. The van der Waals surface area contributed by atoms with Gasteiger partial charge in [-0.3, -0.25) is 9.36 Å². The van der Waals surface area contributed by atoms with Crippen molar-refractivity contribution < 1.29 is 4.74 Å². The van der Waals surface area contributed by atoms with Gasteiger partial charge in [0, 0.05) is 10.9 Å². The van der Waals surface area contributed by atoms with Gasteiger partial charge in [0.05, 0.1) is 24.6 Å². The summed E-state index contributed by atoms with van der Waals surface area (Å²) in [5.41, 5.74) is 2.61. The number of benzene rings is 4. The molecule has 146 valence electrons. The average Bonchev–Trinajstić information content (AvgIpc) is 2.81. The monoisotopic (exact) mass is 392 g/mol. The molecule has 1 heterocycles.